The Labute approximate surface area is 117 Å². The van der Waals surface area contributed by atoms with Crippen molar-refractivity contribution in [1.82, 2.24) is 10.3 Å². The molecule has 0 atom stereocenters. The van der Waals surface area contributed by atoms with Crippen molar-refractivity contribution in [2.75, 3.05) is 12.8 Å². The van der Waals surface area contributed by atoms with Gasteiger partial charge in [0.05, 0.1) is 12.8 Å². The Kier molecular flexibility index (Phi) is 4.20. The standard InChI is InChI=1S/C15H17N3O2/c1-10-4-3-7-17-14(10)15(19)18-9-11-5-6-13(20-2)12(16)8-11/h3-8H,9,16H2,1-2H3,(H,18,19). The molecule has 0 aliphatic carbocycles. The van der Waals surface area contributed by atoms with Crippen LogP contribution >= 0.6 is 0 Å². The summed E-state index contributed by atoms with van der Waals surface area (Å²) in [6.45, 7) is 2.25. The second-order valence-corrected chi connectivity index (χ2v) is 4.43. The van der Waals surface area contributed by atoms with Crippen LogP contribution in [0.25, 0.3) is 0 Å². The quantitative estimate of drug-likeness (QED) is 0.833. The van der Waals surface area contributed by atoms with Crippen molar-refractivity contribution in [3.8, 4) is 5.75 Å². The van der Waals surface area contributed by atoms with E-state index in [1.54, 1.807) is 31.5 Å². The number of anilines is 1. The van der Waals surface area contributed by atoms with E-state index in [1.165, 1.54) is 0 Å². The van der Waals surface area contributed by atoms with Crippen molar-refractivity contribution < 1.29 is 9.53 Å². The first kappa shape index (κ1) is 13.9. The molecule has 0 spiro atoms. The van der Waals surface area contributed by atoms with E-state index in [4.69, 9.17) is 10.5 Å². The molecule has 2 rings (SSSR count). The zero-order valence-electron chi connectivity index (χ0n) is 11.5. The molecule has 0 unspecified atom stereocenters. The number of pyridine rings is 1. The van der Waals surface area contributed by atoms with Crippen molar-refractivity contribution in [2.45, 2.75) is 13.5 Å². The first-order valence-corrected chi connectivity index (χ1v) is 6.24. The smallest absolute Gasteiger partial charge is 0.270 e. The molecule has 3 N–H and O–H groups in total. The molecule has 0 saturated heterocycles. The molecule has 0 aliphatic rings. The third-order valence-corrected chi connectivity index (χ3v) is 2.97. The molecule has 0 aliphatic heterocycles. The monoisotopic (exact) mass is 271 g/mol. The molecule has 5 heteroatoms. The molecular formula is C15H17N3O2. The molecule has 1 amide bonds. The van der Waals surface area contributed by atoms with Crippen LogP contribution in [0.15, 0.2) is 36.5 Å². The lowest BCUT2D eigenvalue weighted by atomic mass is 10.1. The second kappa shape index (κ2) is 6.06. The number of hydrogen-bond donors (Lipinski definition) is 2. The summed E-state index contributed by atoms with van der Waals surface area (Å²) in [7, 11) is 1.57. The Balaban J connectivity index is 2.04. The summed E-state index contributed by atoms with van der Waals surface area (Å²) in [4.78, 5) is 16.1. The number of carbonyl (C=O) groups excluding carboxylic acids is 1. The van der Waals surface area contributed by atoms with Crippen LogP contribution in [0.2, 0.25) is 0 Å². The number of carbonyl (C=O) groups is 1. The predicted octanol–water partition coefficient (Wildman–Crippen LogP) is 1.91. The maximum atomic E-state index is 12.0. The summed E-state index contributed by atoms with van der Waals surface area (Å²) in [5.74, 6) is 0.429. The minimum Gasteiger partial charge on any atom is -0.495 e. The van der Waals surface area contributed by atoms with Crippen LogP contribution in [-0.2, 0) is 6.54 Å². The van der Waals surface area contributed by atoms with Crippen LogP contribution in [0.1, 0.15) is 21.6 Å². The van der Waals surface area contributed by atoms with Crippen LogP contribution in [0, 0.1) is 6.92 Å². The Morgan fingerprint density at radius 3 is 2.85 bits per heavy atom. The van der Waals surface area contributed by atoms with E-state index < -0.39 is 0 Å². The lowest BCUT2D eigenvalue weighted by Crippen LogP contribution is -2.24. The van der Waals surface area contributed by atoms with Crippen LogP contribution in [0.5, 0.6) is 5.75 Å². The summed E-state index contributed by atoms with van der Waals surface area (Å²) in [6, 6.07) is 9.08. The Morgan fingerprint density at radius 2 is 2.20 bits per heavy atom. The lowest BCUT2D eigenvalue weighted by Gasteiger charge is -2.09. The average molecular weight is 271 g/mol. The highest BCUT2D eigenvalue weighted by molar-refractivity contribution is 5.93. The maximum Gasteiger partial charge on any atom is 0.270 e. The molecule has 0 fully saturated rings. The minimum absolute atomic E-state index is 0.197. The molecule has 1 aromatic carbocycles. The first-order valence-electron chi connectivity index (χ1n) is 6.24. The van der Waals surface area contributed by atoms with E-state index in [9.17, 15) is 4.79 Å². The van der Waals surface area contributed by atoms with Crippen LogP contribution in [0.4, 0.5) is 5.69 Å². The fourth-order valence-electron chi connectivity index (χ4n) is 1.88. The Bertz CT molecular complexity index is 626. The Hall–Kier alpha value is -2.56. The highest BCUT2D eigenvalue weighted by Gasteiger charge is 2.09. The van der Waals surface area contributed by atoms with Gasteiger partial charge in [-0.25, -0.2) is 0 Å². The van der Waals surface area contributed by atoms with E-state index >= 15 is 0 Å². The Morgan fingerprint density at radius 1 is 1.40 bits per heavy atom. The van der Waals surface area contributed by atoms with Crippen molar-refractivity contribution in [1.29, 1.82) is 0 Å². The van der Waals surface area contributed by atoms with Crippen LogP contribution < -0.4 is 15.8 Å². The van der Waals surface area contributed by atoms with E-state index in [-0.39, 0.29) is 5.91 Å². The number of amides is 1. The summed E-state index contributed by atoms with van der Waals surface area (Å²) < 4.78 is 5.09. The third kappa shape index (κ3) is 3.06. The summed E-state index contributed by atoms with van der Waals surface area (Å²) in [5.41, 5.74) is 8.57. The topological polar surface area (TPSA) is 77.2 Å². The number of aryl methyl sites for hydroxylation is 1. The maximum absolute atomic E-state index is 12.0. The molecule has 20 heavy (non-hydrogen) atoms. The van der Waals surface area contributed by atoms with Crippen LogP contribution in [0.3, 0.4) is 0 Å². The van der Waals surface area contributed by atoms with Gasteiger partial charge in [-0.2, -0.15) is 0 Å². The highest BCUT2D eigenvalue weighted by atomic mass is 16.5. The van der Waals surface area contributed by atoms with Gasteiger partial charge in [-0.1, -0.05) is 12.1 Å². The van der Waals surface area contributed by atoms with Crippen molar-refractivity contribution in [3.05, 3.63) is 53.3 Å². The second-order valence-electron chi connectivity index (χ2n) is 4.43. The molecule has 1 aromatic heterocycles. The molecule has 0 radical (unpaired) electrons. The number of nitrogen functional groups attached to an aromatic ring is 1. The van der Waals surface area contributed by atoms with Gasteiger partial charge in [-0.05, 0) is 36.2 Å². The zero-order chi connectivity index (χ0) is 14.5. The van der Waals surface area contributed by atoms with Gasteiger partial charge in [0.2, 0.25) is 0 Å². The van der Waals surface area contributed by atoms with Gasteiger partial charge >= 0.3 is 0 Å². The van der Waals surface area contributed by atoms with Gasteiger partial charge in [0, 0.05) is 12.7 Å². The number of benzene rings is 1. The molecular weight excluding hydrogens is 254 g/mol. The number of nitrogens with zero attached hydrogens (tertiary/aromatic N) is 1. The van der Waals surface area contributed by atoms with Crippen molar-refractivity contribution >= 4 is 11.6 Å². The number of aromatic nitrogens is 1. The highest BCUT2D eigenvalue weighted by Crippen LogP contribution is 2.21. The largest absolute Gasteiger partial charge is 0.495 e. The van der Waals surface area contributed by atoms with Crippen LogP contribution in [-0.4, -0.2) is 18.0 Å². The first-order chi connectivity index (χ1) is 9.61. The van der Waals surface area contributed by atoms with Gasteiger partial charge < -0.3 is 15.8 Å². The third-order valence-electron chi connectivity index (χ3n) is 2.97. The fraction of sp³-hybridized carbons (Fsp3) is 0.200. The van der Waals surface area contributed by atoms with E-state index in [2.05, 4.69) is 10.3 Å². The molecule has 1 heterocycles. The lowest BCUT2D eigenvalue weighted by molar-refractivity contribution is 0.0945. The zero-order valence-corrected chi connectivity index (χ0v) is 11.5. The van der Waals surface area contributed by atoms with E-state index in [1.807, 2.05) is 19.1 Å². The van der Waals surface area contributed by atoms with Crippen molar-refractivity contribution in [3.63, 3.8) is 0 Å². The summed E-state index contributed by atoms with van der Waals surface area (Å²) in [5, 5.41) is 2.82. The number of methoxy groups -OCH3 is 1. The SMILES string of the molecule is COc1ccc(CNC(=O)c2ncccc2C)cc1N. The number of nitrogens with two attached hydrogens (primary N) is 1. The van der Waals surface area contributed by atoms with Gasteiger partial charge in [-0.3, -0.25) is 9.78 Å². The molecule has 2 aromatic rings. The summed E-state index contributed by atoms with van der Waals surface area (Å²) >= 11 is 0. The van der Waals surface area contributed by atoms with Gasteiger partial charge in [-0.15, -0.1) is 0 Å². The molecule has 0 bridgehead atoms. The molecule has 5 nitrogen and oxygen atoms in total. The van der Waals surface area contributed by atoms with Gasteiger partial charge in [0.25, 0.3) is 5.91 Å². The number of rotatable bonds is 4. The normalized spacial score (nSPS) is 10.1. The molecule has 104 valence electrons. The van der Waals surface area contributed by atoms with E-state index in [0.29, 0.717) is 23.7 Å². The summed E-state index contributed by atoms with van der Waals surface area (Å²) in [6.07, 6.45) is 1.60. The van der Waals surface area contributed by atoms with Gasteiger partial charge in [0.15, 0.2) is 0 Å². The minimum atomic E-state index is -0.197. The number of nitrogens with one attached hydrogen (secondary N) is 1. The molecule has 0 saturated carbocycles. The average Bonchev–Trinajstić information content (AvgIpc) is 2.45. The fourth-order valence-corrected chi connectivity index (χ4v) is 1.88. The number of ether oxygens (including phenoxy) is 1. The van der Waals surface area contributed by atoms with E-state index in [0.717, 1.165) is 11.1 Å². The van der Waals surface area contributed by atoms with Crippen molar-refractivity contribution in [2.24, 2.45) is 0 Å². The predicted molar refractivity (Wildman–Crippen MR) is 77.6 cm³/mol. The number of hydrogen-bond acceptors (Lipinski definition) is 4. The van der Waals surface area contributed by atoms with Gasteiger partial charge in [0.1, 0.15) is 11.4 Å².